The summed E-state index contributed by atoms with van der Waals surface area (Å²) in [7, 11) is 1.72. The Morgan fingerprint density at radius 1 is 1.07 bits per heavy atom. The van der Waals surface area contributed by atoms with Gasteiger partial charge in [0.2, 0.25) is 11.8 Å². The molecule has 1 aromatic heterocycles. The predicted molar refractivity (Wildman–Crippen MR) is 109 cm³/mol. The van der Waals surface area contributed by atoms with Crippen LogP contribution in [-0.4, -0.2) is 36.9 Å². The van der Waals surface area contributed by atoms with E-state index in [9.17, 15) is 9.59 Å². The zero-order chi connectivity index (χ0) is 19.2. The molecule has 3 N–H and O–H groups in total. The summed E-state index contributed by atoms with van der Waals surface area (Å²) in [6, 6.07) is 15.4. The second kappa shape index (κ2) is 8.51. The fourth-order valence-electron chi connectivity index (χ4n) is 2.92. The lowest BCUT2D eigenvalue weighted by Gasteiger charge is -2.15. The fraction of sp³-hybridized carbons (Fsp3) is 0.238. The van der Waals surface area contributed by atoms with E-state index in [0.29, 0.717) is 5.69 Å². The monoisotopic (exact) mass is 364 g/mol. The van der Waals surface area contributed by atoms with E-state index in [0.717, 1.165) is 24.2 Å². The molecule has 3 aromatic rings. The third-order valence-electron chi connectivity index (χ3n) is 4.54. The van der Waals surface area contributed by atoms with Crippen molar-refractivity contribution in [1.29, 1.82) is 0 Å². The minimum Gasteiger partial charge on any atom is -0.361 e. The highest BCUT2D eigenvalue weighted by molar-refractivity contribution is 5.94. The average molecular weight is 364 g/mol. The second-order valence-electron chi connectivity index (χ2n) is 6.46. The number of benzene rings is 2. The van der Waals surface area contributed by atoms with Gasteiger partial charge in [0.25, 0.3) is 0 Å². The number of H-pyrrole nitrogens is 1. The van der Waals surface area contributed by atoms with Crippen molar-refractivity contribution in [2.75, 3.05) is 30.4 Å². The summed E-state index contributed by atoms with van der Waals surface area (Å²) < 4.78 is 0. The van der Waals surface area contributed by atoms with E-state index in [4.69, 9.17) is 0 Å². The lowest BCUT2D eigenvalue weighted by Crippen LogP contribution is -2.29. The van der Waals surface area contributed by atoms with Gasteiger partial charge in [0, 0.05) is 42.4 Å². The van der Waals surface area contributed by atoms with Crippen molar-refractivity contribution >= 4 is 34.1 Å². The maximum absolute atomic E-state index is 12.1. The molecule has 6 nitrogen and oxygen atoms in total. The molecule has 6 heteroatoms. The Labute approximate surface area is 158 Å². The number of nitrogens with one attached hydrogen (secondary N) is 3. The number of nitrogens with zero attached hydrogens (tertiary/aromatic N) is 1. The number of carbonyl (C=O) groups is 2. The van der Waals surface area contributed by atoms with Crippen molar-refractivity contribution < 1.29 is 9.59 Å². The van der Waals surface area contributed by atoms with Crippen LogP contribution in [-0.2, 0) is 16.0 Å². The molecular formula is C21H24N4O2. The maximum atomic E-state index is 12.1. The van der Waals surface area contributed by atoms with Gasteiger partial charge in [-0.3, -0.25) is 9.59 Å². The molecule has 2 aromatic carbocycles. The number of anilines is 2. The Morgan fingerprint density at radius 2 is 1.81 bits per heavy atom. The normalized spacial score (nSPS) is 10.7. The minimum absolute atomic E-state index is 0.0359. The molecule has 0 bridgehead atoms. The van der Waals surface area contributed by atoms with Gasteiger partial charge in [-0.1, -0.05) is 18.2 Å². The first kappa shape index (κ1) is 18.7. The number of aromatic amines is 1. The third-order valence-corrected chi connectivity index (χ3v) is 4.54. The predicted octanol–water partition coefficient (Wildman–Crippen LogP) is 2.92. The highest BCUT2D eigenvalue weighted by atomic mass is 16.2. The van der Waals surface area contributed by atoms with Crippen LogP contribution in [0.15, 0.2) is 54.7 Å². The van der Waals surface area contributed by atoms with E-state index < -0.39 is 0 Å². The number of hydrogen-bond acceptors (Lipinski definition) is 3. The van der Waals surface area contributed by atoms with Crippen molar-refractivity contribution in [3.63, 3.8) is 0 Å². The number of amides is 2. The first-order valence-electron chi connectivity index (χ1n) is 8.94. The zero-order valence-electron chi connectivity index (χ0n) is 15.6. The summed E-state index contributed by atoms with van der Waals surface area (Å²) in [5.74, 6) is -0.132. The van der Waals surface area contributed by atoms with Crippen molar-refractivity contribution in [2.45, 2.75) is 13.3 Å². The zero-order valence-corrected chi connectivity index (χ0v) is 15.6. The molecule has 0 aliphatic heterocycles. The van der Waals surface area contributed by atoms with Crippen LogP contribution in [0.1, 0.15) is 12.5 Å². The van der Waals surface area contributed by atoms with E-state index in [2.05, 4.69) is 27.8 Å². The topological polar surface area (TPSA) is 77.2 Å². The molecule has 140 valence electrons. The lowest BCUT2D eigenvalue weighted by atomic mass is 10.1. The van der Waals surface area contributed by atoms with Gasteiger partial charge in [-0.2, -0.15) is 0 Å². The van der Waals surface area contributed by atoms with Crippen molar-refractivity contribution in [2.24, 2.45) is 0 Å². The molecule has 0 spiro atoms. The second-order valence-corrected chi connectivity index (χ2v) is 6.46. The molecule has 2 amide bonds. The summed E-state index contributed by atoms with van der Waals surface area (Å²) in [4.78, 5) is 28.2. The van der Waals surface area contributed by atoms with Crippen LogP contribution in [0.4, 0.5) is 11.4 Å². The number of hydrogen-bond donors (Lipinski definition) is 3. The van der Waals surface area contributed by atoms with Gasteiger partial charge in [-0.05, 0) is 48.9 Å². The van der Waals surface area contributed by atoms with Crippen molar-refractivity contribution in [3.05, 3.63) is 60.3 Å². The van der Waals surface area contributed by atoms with E-state index >= 15 is 0 Å². The van der Waals surface area contributed by atoms with E-state index in [1.165, 1.54) is 17.9 Å². The van der Waals surface area contributed by atoms with E-state index in [-0.39, 0.29) is 18.4 Å². The number of para-hydroxylation sites is 1. The Bertz CT molecular complexity index is 931. The minimum atomic E-state index is -0.0957. The van der Waals surface area contributed by atoms with Crippen LogP contribution in [0.2, 0.25) is 0 Å². The molecule has 0 aliphatic rings. The first-order valence-corrected chi connectivity index (χ1v) is 8.94. The smallest absolute Gasteiger partial charge is 0.238 e. The van der Waals surface area contributed by atoms with Gasteiger partial charge < -0.3 is 20.5 Å². The average Bonchev–Trinajstić information content (AvgIpc) is 3.08. The Kier molecular flexibility index (Phi) is 5.88. The SMILES string of the molecule is CC(=O)N(C)c1ccc(NC(=O)CNCCc2c[nH]c3ccccc23)cc1. The molecule has 0 unspecified atom stereocenters. The van der Waals surface area contributed by atoms with E-state index in [1.807, 2.05) is 18.3 Å². The fourth-order valence-corrected chi connectivity index (χ4v) is 2.92. The summed E-state index contributed by atoms with van der Waals surface area (Å²) in [6.45, 7) is 2.48. The largest absolute Gasteiger partial charge is 0.361 e. The van der Waals surface area contributed by atoms with Crippen LogP contribution in [0.5, 0.6) is 0 Å². The van der Waals surface area contributed by atoms with Gasteiger partial charge in [-0.25, -0.2) is 0 Å². The van der Waals surface area contributed by atoms with Crippen LogP contribution in [0.3, 0.4) is 0 Å². The molecule has 0 radical (unpaired) electrons. The van der Waals surface area contributed by atoms with Crippen LogP contribution in [0.25, 0.3) is 10.9 Å². The van der Waals surface area contributed by atoms with Gasteiger partial charge in [0.1, 0.15) is 0 Å². The lowest BCUT2D eigenvalue weighted by molar-refractivity contribution is -0.116. The summed E-state index contributed by atoms with van der Waals surface area (Å²) in [5.41, 5.74) is 3.87. The highest BCUT2D eigenvalue weighted by Crippen LogP contribution is 2.18. The summed E-state index contributed by atoms with van der Waals surface area (Å²) in [6.07, 6.45) is 2.87. The Morgan fingerprint density at radius 3 is 2.56 bits per heavy atom. The molecule has 0 saturated heterocycles. The van der Waals surface area contributed by atoms with Crippen LogP contribution < -0.4 is 15.5 Å². The van der Waals surface area contributed by atoms with E-state index in [1.54, 1.807) is 36.2 Å². The number of aromatic nitrogens is 1. The third kappa shape index (κ3) is 4.74. The van der Waals surface area contributed by atoms with Crippen molar-refractivity contribution in [3.8, 4) is 0 Å². The molecule has 3 rings (SSSR count). The van der Waals surface area contributed by atoms with Crippen LogP contribution in [0, 0.1) is 0 Å². The number of carbonyl (C=O) groups excluding carboxylic acids is 2. The Hall–Kier alpha value is -3.12. The Balaban J connectivity index is 1.44. The molecule has 0 saturated carbocycles. The number of fused-ring (bicyclic) bond motifs is 1. The van der Waals surface area contributed by atoms with Gasteiger partial charge in [0.05, 0.1) is 6.54 Å². The van der Waals surface area contributed by atoms with Crippen LogP contribution >= 0.6 is 0 Å². The molecule has 0 aliphatic carbocycles. The molecule has 0 atom stereocenters. The summed E-state index contributed by atoms with van der Waals surface area (Å²) in [5, 5.41) is 7.25. The van der Waals surface area contributed by atoms with Gasteiger partial charge >= 0.3 is 0 Å². The van der Waals surface area contributed by atoms with Gasteiger partial charge in [0.15, 0.2) is 0 Å². The standard InChI is InChI=1S/C21H24N4O2/c1-15(26)25(2)18-9-7-17(8-10-18)24-21(27)14-22-12-11-16-13-23-20-6-4-3-5-19(16)20/h3-10,13,22-23H,11-12,14H2,1-2H3,(H,24,27). The first-order chi connectivity index (χ1) is 13.0. The molecule has 0 fully saturated rings. The molecular weight excluding hydrogens is 340 g/mol. The maximum Gasteiger partial charge on any atom is 0.238 e. The molecule has 1 heterocycles. The van der Waals surface area contributed by atoms with Gasteiger partial charge in [-0.15, -0.1) is 0 Å². The summed E-state index contributed by atoms with van der Waals surface area (Å²) >= 11 is 0. The number of rotatable bonds is 7. The molecule has 27 heavy (non-hydrogen) atoms. The quantitative estimate of drug-likeness (QED) is 0.564. The van der Waals surface area contributed by atoms with Crippen molar-refractivity contribution in [1.82, 2.24) is 10.3 Å². The highest BCUT2D eigenvalue weighted by Gasteiger charge is 2.07.